The van der Waals surface area contributed by atoms with E-state index in [-0.39, 0.29) is 0 Å². The molecular weight excluding hydrogens is 132 g/mol. The largest absolute Gasteiger partial charge is 0.0839 e. The second kappa shape index (κ2) is 9.48. The van der Waals surface area contributed by atoms with Gasteiger partial charge in [-0.2, -0.15) is 0 Å². The first-order valence-corrected chi connectivity index (χ1v) is 4.64. The Labute approximate surface area is 71.0 Å². The Morgan fingerprint density at radius 1 is 1.09 bits per heavy atom. The van der Waals surface area contributed by atoms with Crippen molar-refractivity contribution in [3.8, 4) is 0 Å². The Hall–Kier alpha value is -0.520. The molecule has 0 saturated heterocycles. The lowest BCUT2D eigenvalue weighted by Crippen LogP contribution is -1.65. The normalized spacial score (nSPS) is 11.8. The zero-order chi connectivity index (χ0) is 8.36. The number of allylic oxidation sites excluding steroid dienone is 4. The minimum absolute atomic E-state index is 1.15. The molecule has 0 aliphatic heterocycles. The van der Waals surface area contributed by atoms with Gasteiger partial charge in [0.2, 0.25) is 0 Å². The number of rotatable bonds is 6. The SMILES string of the molecule is CCC/C=[C]/C=CCCCC. The van der Waals surface area contributed by atoms with Crippen LogP contribution < -0.4 is 0 Å². The molecule has 0 heterocycles. The van der Waals surface area contributed by atoms with Crippen LogP contribution in [0.3, 0.4) is 0 Å². The molecule has 11 heavy (non-hydrogen) atoms. The molecule has 0 bridgehead atoms. The van der Waals surface area contributed by atoms with Gasteiger partial charge in [-0.1, -0.05) is 51.3 Å². The van der Waals surface area contributed by atoms with Gasteiger partial charge in [-0.05, 0) is 18.9 Å². The maximum absolute atomic E-state index is 3.14. The van der Waals surface area contributed by atoms with E-state index in [4.69, 9.17) is 0 Å². The van der Waals surface area contributed by atoms with Gasteiger partial charge in [0.05, 0.1) is 0 Å². The van der Waals surface area contributed by atoms with Crippen LogP contribution in [0.2, 0.25) is 0 Å². The lowest BCUT2D eigenvalue weighted by atomic mass is 10.2. The van der Waals surface area contributed by atoms with Gasteiger partial charge in [0.15, 0.2) is 0 Å². The predicted molar refractivity (Wildman–Crippen MR) is 51.4 cm³/mol. The first-order chi connectivity index (χ1) is 5.41. The molecule has 1 radical (unpaired) electrons. The summed E-state index contributed by atoms with van der Waals surface area (Å²) in [5.74, 6) is 0. The van der Waals surface area contributed by atoms with E-state index in [1.54, 1.807) is 0 Å². The molecule has 0 fully saturated rings. The van der Waals surface area contributed by atoms with Gasteiger partial charge in [0.25, 0.3) is 0 Å². The highest BCUT2D eigenvalue weighted by atomic mass is 13.8. The highest BCUT2D eigenvalue weighted by Crippen LogP contribution is 1.95. The summed E-state index contributed by atoms with van der Waals surface area (Å²) in [6.45, 7) is 4.39. The van der Waals surface area contributed by atoms with Crippen LogP contribution >= 0.6 is 0 Å². The van der Waals surface area contributed by atoms with Crippen molar-refractivity contribution in [2.24, 2.45) is 0 Å². The molecule has 0 nitrogen and oxygen atoms in total. The van der Waals surface area contributed by atoms with Gasteiger partial charge < -0.3 is 0 Å². The second-order valence-corrected chi connectivity index (χ2v) is 2.70. The fourth-order valence-corrected chi connectivity index (χ4v) is 0.769. The van der Waals surface area contributed by atoms with E-state index in [0.29, 0.717) is 0 Å². The average Bonchev–Trinajstić information content (AvgIpc) is 2.03. The van der Waals surface area contributed by atoms with E-state index in [2.05, 4.69) is 32.1 Å². The van der Waals surface area contributed by atoms with Crippen molar-refractivity contribution in [3.05, 3.63) is 24.3 Å². The minimum Gasteiger partial charge on any atom is -0.0839 e. The Bertz CT molecular complexity index is 109. The fourth-order valence-electron chi connectivity index (χ4n) is 0.769. The Kier molecular flexibility index (Phi) is 9.03. The molecule has 0 aliphatic rings. The molecule has 63 valence electrons. The van der Waals surface area contributed by atoms with Crippen molar-refractivity contribution < 1.29 is 0 Å². The van der Waals surface area contributed by atoms with E-state index < -0.39 is 0 Å². The monoisotopic (exact) mass is 151 g/mol. The summed E-state index contributed by atoms with van der Waals surface area (Å²) >= 11 is 0. The lowest BCUT2D eigenvalue weighted by molar-refractivity contribution is 0.814. The van der Waals surface area contributed by atoms with Crippen LogP contribution in [0.1, 0.15) is 46.0 Å². The van der Waals surface area contributed by atoms with E-state index in [0.717, 1.165) is 6.42 Å². The van der Waals surface area contributed by atoms with Gasteiger partial charge in [0.1, 0.15) is 0 Å². The van der Waals surface area contributed by atoms with E-state index in [9.17, 15) is 0 Å². The highest BCUT2D eigenvalue weighted by molar-refractivity contribution is 4.94. The third kappa shape index (κ3) is 9.48. The quantitative estimate of drug-likeness (QED) is 0.399. The standard InChI is InChI=1S/C11H19/c1-3-5-7-9-11-10-8-6-4-2/h7,10-11H,3-6,8H2,1-2H3. The van der Waals surface area contributed by atoms with E-state index in [1.807, 2.05) is 6.08 Å². The summed E-state index contributed by atoms with van der Waals surface area (Å²) in [5, 5.41) is 0. The van der Waals surface area contributed by atoms with Gasteiger partial charge >= 0.3 is 0 Å². The number of hydrogen-bond donors (Lipinski definition) is 0. The Morgan fingerprint density at radius 2 is 1.91 bits per heavy atom. The molecule has 0 aromatic carbocycles. The summed E-state index contributed by atoms with van der Waals surface area (Å²) in [4.78, 5) is 0. The van der Waals surface area contributed by atoms with Crippen molar-refractivity contribution in [3.63, 3.8) is 0 Å². The molecule has 0 aromatic heterocycles. The number of unbranched alkanes of at least 4 members (excludes halogenated alkanes) is 3. The molecule has 0 saturated carbocycles. The molecule has 0 rings (SSSR count). The average molecular weight is 151 g/mol. The molecular formula is C11H19. The van der Waals surface area contributed by atoms with E-state index >= 15 is 0 Å². The third-order valence-corrected chi connectivity index (χ3v) is 1.49. The Balaban J connectivity index is 3.14. The summed E-state index contributed by atoms with van der Waals surface area (Å²) in [6, 6.07) is 0. The zero-order valence-electron chi connectivity index (χ0n) is 7.77. The maximum Gasteiger partial charge on any atom is -0.0230 e. The molecule has 0 amide bonds. The minimum atomic E-state index is 1.15. The molecule has 0 atom stereocenters. The molecule has 0 aromatic rings. The van der Waals surface area contributed by atoms with Crippen molar-refractivity contribution >= 4 is 0 Å². The van der Waals surface area contributed by atoms with Crippen molar-refractivity contribution in [1.29, 1.82) is 0 Å². The smallest absolute Gasteiger partial charge is 0.0230 e. The number of hydrogen-bond acceptors (Lipinski definition) is 0. The second-order valence-electron chi connectivity index (χ2n) is 2.70. The van der Waals surface area contributed by atoms with Crippen LogP contribution in [-0.4, -0.2) is 0 Å². The van der Waals surface area contributed by atoms with Crippen molar-refractivity contribution in [2.45, 2.75) is 46.0 Å². The topological polar surface area (TPSA) is 0 Å². The lowest BCUT2D eigenvalue weighted by Gasteiger charge is -1.85. The van der Waals surface area contributed by atoms with Crippen LogP contribution in [0, 0.1) is 6.08 Å². The van der Waals surface area contributed by atoms with E-state index in [1.165, 1.54) is 25.7 Å². The first kappa shape index (κ1) is 10.5. The molecule has 0 unspecified atom stereocenters. The van der Waals surface area contributed by atoms with Crippen LogP contribution in [0.25, 0.3) is 0 Å². The van der Waals surface area contributed by atoms with Crippen LogP contribution in [0.4, 0.5) is 0 Å². The van der Waals surface area contributed by atoms with Gasteiger partial charge in [-0.3, -0.25) is 0 Å². The van der Waals surface area contributed by atoms with Crippen LogP contribution in [-0.2, 0) is 0 Å². The molecule has 0 N–H and O–H groups in total. The third-order valence-electron chi connectivity index (χ3n) is 1.49. The predicted octanol–water partition coefficient (Wildman–Crippen LogP) is 3.89. The van der Waals surface area contributed by atoms with Crippen molar-refractivity contribution in [1.82, 2.24) is 0 Å². The molecule has 0 spiro atoms. The first-order valence-electron chi connectivity index (χ1n) is 4.64. The van der Waals surface area contributed by atoms with Gasteiger partial charge in [-0.25, -0.2) is 0 Å². The highest BCUT2D eigenvalue weighted by Gasteiger charge is 1.75. The maximum atomic E-state index is 3.14. The fraction of sp³-hybridized carbons (Fsp3) is 0.636. The molecule has 0 heteroatoms. The van der Waals surface area contributed by atoms with Crippen LogP contribution in [0.5, 0.6) is 0 Å². The van der Waals surface area contributed by atoms with Gasteiger partial charge in [-0.15, -0.1) is 0 Å². The Morgan fingerprint density at radius 3 is 2.55 bits per heavy atom. The molecule has 0 aliphatic carbocycles. The van der Waals surface area contributed by atoms with Crippen molar-refractivity contribution in [2.75, 3.05) is 0 Å². The van der Waals surface area contributed by atoms with Crippen LogP contribution in [0.15, 0.2) is 18.2 Å². The summed E-state index contributed by atoms with van der Waals surface area (Å²) in [5.41, 5.74) is 0. The summed E-state index contributed by atoms with van der Waals surface area (Å²) in [7, 11) is 0. The van der Waals surface area contributed by atoms with Gasteiger partial charge in [0, 0.05) is 0 Å². The zero-order valence-corrected chi connectivity index (χ0v) is 7.77. The summed E-state index contributed by atoms with van der Waals surface area (Å²) in [6.07, 6.45) is 15.6. The summed E-state index contributed by atoms with van der Waals surface area (Å²) < 4.78 is 0.